The van der Waals surface area contributed by atoms with Crippen molar-refractivity contribution in [3.05, 3.63) is 51.7 Å². The number of rotatable bonds is 3. The number of hydrogen-bond donors (Lipinski definition) is 2. The maximum Gasteiger partial charge on any atom is 0.258 e. The van der Waals surface area contributed by atoms with Crippen molar-refractivity contribution in [2.75, 3.05) is 18.2 Å². The largest absolute Gasteiger partial charge is 0.495 e. The van der Waals surface area contributed by atoms with Gasteiger partial charge in [0, 0.05) is 10.2 Å². The van der Waals surface area contributed by atoms with Gasteiger partial charge in [0.1, 0.15) is 11.6 Å². The lowest BCUT2D eigenvalue weighted by atomic mass is 10.1. The van der Waals surface area contributed by atoms with Crippen LogP contribution in [0.15, 0.2) is 34.8 Å². The SMILES string of the molecule is COc1cc(Br)cc(C)c1NC(=O)c1cc(N)ccc1F. The molecule has 0 bridgehead atoms. The minimum Gasteiger partial charge on any atom is -0.495 e. The molecular weight excluding hydrogens is 339 g/mol. The number of halogens is 2. The Labute approximate surface area is 130 Å². The van der Waals surface area contributed by atoms with Gasteiger partial charge in [-0.25, -0.2) is 4.39 Å². The van der Waals surface area contributed by atoms with Crippen molar-refractivity contribution in [1.82, 2.24) is 0 Å². The van der Waals surface area contributed by atoms with Crippen LogP contribution in [0.2, 0.25) is 0 Å². The number of methoxy groups -OCH3 is 1. The number of amides is 1. The zero-order valence-corrected chi connectivity index (χ0v) is 13.1. The number of nitrogen functional groups attached to an aromatic ring is 1. The predicted molar refractivity (Wildman–Crippen MR) is 84.2 cm³/mol. The number of nitrogens with two attached hydrogens (primary N) is 1. The van der Waals surface area contributed by atoms with Crippen LogP contribution in [0, 0.1) is 12.7 Å². The molecule has 0 fully saturated rings. The van der Waals surface area contributed by atoms with E-state index in [-0.39, 0.29) is 5.56 Å². The minimum absolute atomic E-state index is 0.112. The fourth-order valence-corrected chi connectivity index (χ4v) is 2.48. The van der Waals surface area contributed by atoms with Crippen LogP contribution in [0.1, 0.15) is 15.9 Å². The standard InChI is InChI=1S/C15H14BrFN2O2/c1-8-5-9(16)6-13(21-2)14(8)19-15(20)11-7-10(18)3-4-12(11)17/h3-7H,18H2,1-2H3,(H,19,20). The molecule has 3 N–H and O–H groups in total. The summed E-state index contributed by atoms with van der Waals surface area (Å²) in [6, 6.07) is 7.41. The number of nitrogens with one attached hydrogen (secondary N) is 1. The highest BCUT2D eigenvalue weighted by atomic mass is 79.9. The second kappa shape index (κ2) is 6.13. The monoisotopic (exact) mass is 352 g/mol. The normalized spacial score (nSPS) is 10.3. The molecule has 110 valence electrons. The van der Waals surface area contributed by atoms with Crippen LogP contribution < -0.4 is 15.8 Å². The van der Waals surface area contributed by atoms with E-state index >= 15 is 0 Å². The average molecular weight is 353 g/mol. The smallest absolute Gasteiger partial charge is 0.258 e. The van der Waals surface area contributed by atoms with Crippen LogP contribution in [-0.4, -0.2) is 13.0 Å². The highest BCUT2D eigenvalue weighted by molar-refractivity contribution is 9.10. The molecule has 21 heavy (non-hydrogen) atoms. The molecule has 2 rings (SSSR count). The second-order valence-corrected chi connectivity index (χ2v) is 5.41. The van der Waals surface area contributed by atoms with Crippen LogP contribution >= 0.6 is 15.9 Å². The van der Waals surface area contributed by atoms with E-state index in [0.29, 0.717) is 17.1 Å². The Bertz CT molecular complexity index is 704. The van der Waals surface area contributed by atoms with Crippen molar-refractivity contribution in [1.29, 1.82) is 0 Å². The zero-order valence-electron chi connectivity index (χ0n) is 11.5. The van der Waals surface area contributed by atoms with E-state index in [1.54, 1.807) is 6.07 Å². The Hall–Kier alpha value is -2.08. The van der Waals surface area contributed by atoms with Gasteiger partial charge in [-0.2, -0.15) is 0 Å². The van der Waals surface area contributed by atoms with Crippen molar-refractivity contribution in [3.63, 3.8) is 0 Å². The first kappa shape index (κ1) is 15.3. The van der Waals surface area contributed by atoms with Crippen molar-refractivity contribution >= 4 is 33.2 Å². The van der Waals surface area contributed by atoms with Gasteiger partial charge in [0.25, 0.3) is 5.91 Å². The van der Waals surface area contributed by atoms with Crippen LogP contribution in [0.3, 0.4) is 0 Å². The molecule has 2 aromatic carbocycles. The Balaban J connectivity index is 2.38. The molecule has 2 aromatic rings. The Morgan fingerprint density at radius 3 is 2.71 bits per heavy atom. The van der Waals surface area contributed by atoms with Gasteiger partial charge in [-0.1, -0.05) is 15.9 Å². The molecule has 6 heteroatoms. The number of carbonyl (C=O) groups is 1. The second-order valence-electron chi connectivity index (χ2n) is 4.49. The van der Waals surface area contributed by atoms with Crippen LogP contribution in [0.4, 0.5) is 15.8 Å². The Kier molecular flexibility index (Phi) is 4.47. The Morgan fingerprint density at radius 2 is 2.05 bits per heavy atom. The molecule has 0 aromatic heterocycles. The molecule has 0 radical (unpaired) electrons. The van der Waals surface area contributed by atoms with Gasteiger partial charge >= 0.3 is 0 Å². The molecule has 0 saturated carbocycles. The number of aryl methyl sites for hydroxylation is 1. The summed E-state index contributed by atoms with van der Waals surface area (Å²) in [5.74, 6) is -0.724. The summed E-state index contributed by atoms with van der Waals surface area (Å²) in [6.45, 7) is 1.82. The highest BCUT2D eigenvalue weighted by Gasteiger charge is 2.16. The average Bonchev–Trinajstić information content (AvgIpc) is 2.43. The van der Waals surface area contributed by atoms with Crippen LogP contribution in [0.5, 0.6) is 5.75 Å². The minimum atomic E-state index is -0.629. The first-order chi connectivity index (χ1) is 9.92. The van der Waals surface area contributed by atoms with E-state index in [2.05, 4.69) is 21.2 Å². The molecular formula is C15H14BrFN2O2. The number of hydrogen-bond acceptors (Lipinski definition) is 3. The van der Waals surface area contributed by atoms with E-state index in [1.807, 2.05) is 13.0 Å². The van der Waals surface area contributed by atoms with Crippen molar-refractivity contribution in [2.24, 2.45) is 0 Å². The van der Waals surface area contributed by atoms with E-state index in [4.69, 9.17) is 10.5 Å². The third-order valence-electron chi connectivity index (χ3n) is 2.96. The van der Waals surface area contributed by atoms with Gasteiger partial charge in [-0.05, 0) is 42.8 Å². The van der Waals surface area contributed by atoms with Crippen LogP contribution in [0.25, 0.3) is 0 Å². The molecule has 0 heterocycles. The summed E-state index contributed by atoms with van der Waals surface area (Å²) < 4.78 is 19.8. The lowest BCUT2D eigenvalue weighted by molar-refractivity contribution is 0.102. The first-order valence-electron chi connectivity index (χ1n) is 6.13. The van der Waals surface area contributed by atoms with Gasteiger partial charge in [-0.3, -0.25) is 4.79 Å². The number of benzene rings is 2. The maximum atomic E-state index is 13.7. The van der Waals surface area contributed by atoms with Gasteiger partial charge in [-0.15, -0.1) is 0 Å². The third kappa shape index (κ3) is 3.33. The van der Waals surface area contributed by atoms with Gasteiger partial charge in [0.15, 0.2) is 0 Å². The Morgan fingerprint density at radius 1 is 1.33 bits per heavy atom. The summed E-state index contributed by atoms with van der Waals surface area (Å²) in [6.07, 6.45) is 0. The van der Waals surface area contributed by atoms with Gasteiger partial charge in [0.05, 0.1) is 18.4 Å². The lowest BCUT2D eigenvalue weighted by Crippen LogP contribution is -2.15. The summed E-state index contributed by atoms with van der Waals surface area (Å²) in [7, 11) is 1.50. The number of anilines is 2. The maximum absolute atomic E-state index is 13.7. The summed E-state index contributed by atoms with van der Waals surface area (Å²) in [5, 5.41) is 2.66. The van der Waals surface area contributed by atoms with Gasteiger partial charge in [0.2, 0.25) is 0 Å². The van der Waals surface area contributed by atoms with E-state index in [9.17, 15) is 9.18 Å². The first-order valence-corrected chi connectivity index (χ1v) is 6.92. The quantitative estimate of drug-likeness (QED) is 0.827. The third-order valence-corrected chi connectivity index (χ3v) is 3.42. The van der Waals surface area contributed by atoms with E-state index < -0.39 is 11.7 Å². The lowest BCUT2D eigenvalue weighted by Gasteiger charge is -2.14. The fourth-order valence-electron chi connectivity index (χ4n) is 1.93. The molecule has 0 saturated heterocycles. The van der Waals surface area contributed by atoms with Crippen LogP contribution in [-0.2, 0) is 0 Å². The molecule has 4 nitrogen and oxygen atoms in total. The molecule has 0 atom stereocenters. The summed E-state index contributed by atoms with van der Waals surface area (Å²) in [5.41, 5.74) is 7.08. The van der Waals surface area contributed by atoms with E-state index in [1.165, 1.54) is 19.2 Å². The molecule has 0 unspecified atom stereocenters. The number of ether oxygens (including phenoxy) is 1. The molecule has 0 aliphatic carbocycles. The molecule has 0 spiro atoms. The van der Waals surface area contributed by atoms with Crippen molar-refractivity contribution in [2.45, 2.75) is 6.92 Å². The van der Waals surface area contributed by atoms with Crippen molar-refractivity contribution in [3.8, 4) is 5.75 Å². The highest BCUT2D eigenvalue weighted by Crippen LogP contribution is 2.32. The molecule has 0 aliphatic rings. The predicted octanol–water partition coefficient (Wildman–Crippen LogP) is 3.74. The summed E-state index contributed by atoms with van der Waals surface area (Å²) >= 11 is 3.35. The van der Waals surface area contributed by atoms with Crippen molar-refractivity contribution < 1.29 is 13.9 Å². The topological polar surface area (TPSA) is 64.3 Å². The fraction of sp³-hybridized carbons (Fsp3) is 0.133. The zero-order chi connectivity index (χ0) is 15.6. The van der Waals surface area contributed by atoms with Gasteiger partial charge < -0.3 is 15.8 Å². The number of carbonyl (C=O) groups excluding carboxylic acids is 1. The summed E-state index contributed by atoms with van der Waals surface area (Å²) in [4.78, 5) is 12.2. The van der Waals surface area contributed by atoms with E-state index in [0.717, 1.165) is 16.1 Å². The molecule has 0 aliphatic heterocycles. The molecule has 1 amide bonds.